The van der Waals surface area contributed by atoms with Gasteiger partial charge in [-0.2, -0.15) is 13.6 Å². The number of nitrogens with zero attached hydrogens (tertiary/aromatic N) is 4. The van der Waals surface area contributed by atoms with Crippen LogP contribution in [0, 0.1) is 0 Å². The van der Waals surface area contributed by atoms with E-state index >= 15 is 0 Å². The fraction of sp³-hybridized carbons (Fsp3) is 0.0455. The van der Waals surface area contributed by atoms with Crippen LogP contribution in [0.1, 0.15) is 26.7 Å². The molecule has 5 rings (SSSR count). The van der Waals surface area contributed by atoms with Crippen molar-refractivity contribution in [1.29, 1.82) is 0 Å². The number of halogens is 1. The highest BCUT2D eigenvalue weighted by Gasteiger charge is 2.28. The number of carbonyl (C=O) groups excluding carboxylic acids is 1. The molecule has 3 N–H and O–H groups in total. The molecule has 0 saturated heterocycles. The Morgan fingerprint density at radius 3 is 2.69 bits per heavy atom. The molecule has 0 spiro atoms. The molecule has 1 unspecified atom stereocenters. The highest BCUT2D eigenvalue weighted by atomic mass is 35.5. The fourth-order valence-corrected chi connectivity index (χ4v) is 4.85. The number of aromatic nitrogens is 5. The first-order valence-electron chi connectivity index (χ1n) is 10.0. The second-order valence-electron chi connectivity index (χ2n) is 7.52. The molecule has 0 saturated carbocycles. The van der Waals surface area contributed by atoms with Gasteiger partial charge in [0, 0.05) is 21.5 Å². The van der Waals surface area contributed by atoms with Gasteiger partial charge in [0.05, 0.1) is 11.9 Å². The molecule has 11 nitrogen and oxygen atoms in total. The monoisotopic (exact) mass is 510 g/mol. The Hall–Kier alpha value is -4.13. The molecule has 176 valence electrons. The minimum Gasteiger partial charge on any atom is -0.356 e. The number of rotatable bonds is 6. The molecular formula is C22H15ClN6O5S. The predicted molar refractivity (Wildman–Crippen MR) is 126 cm³/mol. The molecule has 5 aromatic rings. The maximum absolute atomic E-state index is 13.1. The van der Waals surface area contributed by atoms with Crippen molar-refractivity contribution in [1.82, 2.24) is 25.8 Å². The van der Waals surface area contributed by atoms with E-state index in [4.69, 9.17) is 16.1 Å². The second-order valence-corrected chi connectivity index (χ2v) is 9.46. The summed E-state index contributed by atoms with van der Waals surface area (Å²) in [4.78, 5) is 13.1. The Morgan fingerprint density at radius 1 is 1.09 bits per heavy atom. The second kappa shape index (κ2) is 8.91. The van der Waals surface area contributed by atoms with E-state index in [1.165, 1.54) is 36.5 Å². The predicted octanol–water partition coefficient (Wildman–Crippen LogP) is 3.89. The minimum absolute atomic E-state index is 0.158. The number of tetrazole rings is 1. The molecule has 1 atom stereocenters. The van der Waals surface area contributed by atoms with Crippen molar-refractivity contribution in [3.63, 3.8) is 0 Å². The van der Waals surface area contributed by atoms with Crippen molar-refractivity contribution in [2.75, 3.05) is 5.32 Å². The highest BCUT2D eigenvalue weighted by Crippen LogP contribution is 2.33. The third-order valence-corrected chi connectivity index (χ3v) is 6.62. The van der Waals surface area contributed by atoms with Crippen LogP contribution in [0.4, 0.5) is 5.69 Å². The van der Waals surface area contributed by atoms with Crippen molar-refractivity contribution >= 4 is 44.3 Å². The molecule has 3 aromatic carbocycles. The van der Waals surface area contributed by atoms with E-state index in [1.807, 2.05) is 0 Å². The van der Waals surface area contributed by atoms with Gasteiger partial charge in [0.25, 0.3) is 16.0 Å². The van der Waals surface area contributed by atoms with Crippen LogP contribution in [-0.2, 0) is 10.1 Å². The molecule has 2 heterocycles. The lowest BCUT2D eigenvalue weighted by atomic mass is 10.0. The van der Waals surface area contributed by atoms with E-state index in [0.29, 0.717) is 27.2 Å². The third kappa shape index (κ3) is 4.62. The molecule has 0 radical (unpaired) electrons. The molecule has 35 heavy (non-hydrogen) atoms. The molecule has 0 fully saturated rings. The summed E-state index contributed by atoms with van der Waals surface area (Å²) >= 11 is 6.08. The van der Waals surface area contributed by atoms with Crippen molar-refractivity contribution in [2.45, 2.75) is 5.25 Å². The van der Waals surface area contributed by atoms with E-state index in [2.05, 4.69) is 31.1 Å². The van der Waals surface area contributed by atoms with E-state index in [1.54, 1.807) is 30.3 Å². The third-order valence-electron chi connectivity index (χ3n) is 5.25. The van der Waals surface area contributed by atoms with Gasteiger partial charge in [-0.3, -0.25) is 9.35 Å². The SMILES string of the molecule is O=C(Nc1ccc(Cl)cc1-c1nn[nH]n1)c1cccc(C(c2ccc3cnoc3c2)S(=O)(=O)O)c1. The van der Waals surface area contributed by atoms with Crippen LogP contribution in [0.15, 0.2) is 71.4 Å². The molecular weight excluding hydrogens is 496 g/mol. The quantitative estimate of drug-likeness (QED) is 0.287. The summed E-state index contributed by atoms with van der Waals surface area (Å²) in [6, 6.07) is 15.4. The summed E-state index contributed by atoms with van der Waals surface area (Å²) < 4.78 is 39.9. The number of hydrogen-bond acceptors (Lipinski definition) is 8. The van der Waals surface area contributed by atoms with Crippen LogP contribution in [0.5, 0.6) is 0 Å². The van der Waals surface area contributed by atoms with Crippen LogP contribution in [0.2, 0.25) is 5.02 Å². The van der Waals surface area contributed by atoms with E-state index in [-0.39, 0.29) is 22.5 Å². The average Bonchev–Trinajstić information content (AvgIpc) is 3.51. The summed E-state index contributed by atoms with van der Waals surface area (Å²) in [6.07, 6.45) is 1.49. The zero-order chi connectivity index (χ0) is 24.6. The van der Waals surface area contributed by atoms with Gasteiger partial charge >= 0.3 is 0 Å². The number of nitrogens with one attached hydrogen (secondary N) is 2. The first-order valence-corrected chi connectivity index (χ1v) is 11.9. The van der Waals surface area contributed by atoms with Crippen LogP contribution < -0.4 is 5.32 Å². The summed E-state index contributed by atoms with van der Waals surface area (Å²) in [5.74, 6) is -0.301. The lowest BCUT2D eigenvalue weighted by molar-refractivity contribution is 0.102. The van der Waals surface area contributed by atoms with Crippen LogP contribution in [0.25, 0.3) is 22.4 Å². The topological polar surface area (TPSA) is 164 Å². The van der Waals surface area contributed by atoms with Crippen molar-refractivity contribution in [2.24, 2.45) is 0 Å². The molecule has 0 aliphatic heterocycles. The molecule has 0 bridgehead atoms. The Kier molecular flexibility index (Phi) is 5.76. The Labute approximate surface area is 202 Å². The molecule has 13 heteroatoms. The van der Waals surface area contributed by atoms with Gasteiger partial charge in [-0.15, -0.1) is 10.2 Å². The smallest absolute Gasteiger partial charge is 0.276 e. The van der Waals surface area contributed by atoms with Crippen LogP contribution in [0.3, 0.4) is 0 Å². The number of H-pyrrole nitrogens is 1. The van der Waals surface area contributed by atoms with Crippen molar-refractivity contribution in [3.8, 4) is 11.4 Å². The van der Waals surface area contributed by atoms with E-state index in [0.717, 1.165) is 0 Å². The summed E-state index contributed by atoms with van der Waals surface area (Å²) in [5, 5.41) is 19.8. The zero-order valence-corrected chi connectivity index (χ0v) is 19.2. The van der Waals surface area contributed by atoms with Crippen molar-refractivity contribution < 1.29 is 22.3 Å². The lowest BCUT2D eigenvalue weighted by Crippen LogP contribution is -2.16. The average molecular weight is 511 g/mol. The Morgan fingerprint density at radius 2 is 1.91 bits per heavy atom. The number of carbonyl (C=O) groups is 1. The van der Waals surface area contributed by atoms with E-state index in [9.17, 15) is 17.8 Å². The standard InChI is InChI=1S/C22H15ClN6O5S/c23-16-6-7-18(17(10-16)21-26-28-29-27-21)25-22(30)14-3-1-2-12(8-14)20(35(31,32)33)13-4-5-15-11-24-34-19(15)9-13/h1-11,20H,(H,25,30)(H,31,32,33)(H,26,27,28,29). The molecule has 1 amide bonds. The number of benzene rings is 3. The Balaban J connectivity index is 1.50. The van der Waals surface area contributed by atoms with Gasteiger partial charge in [-0.1, -0.05) is 35.0 Å². The zero-order valence-electron chi connectivity index (χ0n) is 17.6. The molecule has 0 aliphatic rings. The number of anilines is 1. The maximum Gasteiger partial charge on any atom is 0.276 e. The normalized spacial score (nSPS) is 12.5. The van der Waals surface area contributed by atoms with Gasteiger partial charge in [0.2, 0.25) is 5.82 Å². The molecule has 0 aliphatic carbocycles. The van der Waals surface area contributed by atoms with Crippen LogP contribution in [-0.4, -0.2) is 44.7 Å². The van der Waals surface area contributed by atoms with E-state index < -0.39 is 21.3 Å². The van der Waals surface area contributed by atoms with Crippen molar-refractivity contribution in [3.05, 3.63) is 88.6 Å². The lowest BCUT2D eigenvalue weighted by Gasteiger charge is -2.16. The molecule has 2 aromatic heterocycles. The van der Waals surface area contributed by atoms with Gasteiger partial charge in [0.1, 0.15) is 5.25 Å². The maximum atomic E-state index is 13.1. The number of fused-ring (bicyclic) bond motifs is 1. The summed E-state index contributed by atoms with van der Waals surface area (Å²) in [5.41, 5.74) is 1.77. The number of aromatic amines is 1. The highest BCUT2D eigenvalue weighted by molar-refractivity contribution is 7.86. The first kappa shape index (κ1) is 22.7. The van der Waals surface area contributed by atoms with Gasteiger partial charge < -0.3 is 9.84 Å². The van der Waals surface area contributed by atoms with Crippen LogP contribution >= 0.6 is 11.6 Å². The summed E-state index contributed by atoms with van der Waals surface area (Å²) in [7, 11) is -4.60. The van der Waals surface area contributed by atoms with Gasteiger partial charge in [0.15, 0.2) is 5.58 Å². The number of hydrogen-bond donors (Lipinski definition) is 3. The van der Waals surface area contributed by atoms with Gasteiger partial charge in [-0.05, 0) is 58.8 Å². The minimum atomic E-state index is -4.60. The first-order chi connectivity index (χ1) is 16.8. The largest absolute Gasteiger partial charge is 0.356 e. The summed E-state index contributed by atoms with van der Waals surface area (Å²) in [6.45, 7) is 0. The fourth-order valence-electron chi connectivity index (χ4n) is 3.70. The Bertz CT molecular complexity index is 1650. The number of amides is 1. The van der Waals surface area contributed by atoms with Gasteiger partial charge in [-0.25, -0.2) is 0 Å².